The van der Waals surface area contributed by atoms with E-state index in [1.807, 2.05) is 26.0 Å². The third-order valence-corrected chi connectivity index (χ3v) is 3.25. The quantitative estimate of drug-likeness (QED) is 0.845. The van der Waals surface area contributed by atoms with Crippen molar-refractivity contribution in [3.05, 3.63) is 41.3 Å². The minimum atomic E-state index is -0.533. The number of fused-ring (bicyclic) bond motifs is 1. The van der Waals surface area contributed by atoms with Gasteiger partial charge in [0.25, 0.3) is 0 Å². The van der Waals surface area contributed by atoms with Crippen molar-refractivity contribution >= 4 is 10.9 Å². The Labute approximate surface area is 113 Å². The summed E-state index contributed by atoms with van der Waals surface area (Å²) in [4.78, 5) is 4.49. The molecule has 1 aromatic carbocycles. The number of aromatic nitrogens is 1. The van der Waals surface area contributed by atoms with Gasteiger partial charge in [-0.15, -0.1) is 0 Å². The van der Waals surface area contributed by atoms with Crippen LogP contribution in [0.15, 0.2) is 24.3 Å². The molecule has 2 N–H and O–H groups in total. The lowest BCUT2D eigenvalue weighted by atomic mass is 9.85. The fourth-order valence-electron chi connectivity index (χ4n) is 2.13. The lowest BCUT2D eigenvalue weighted by Gasteiger charge is -2.26. The number of benzene rings is 1. The number of hydrogen-bond acceptors (Lipinski definition) is 2. The van der Waals surface area contributed by atoms with E-state index < -0.39 is 5.54 Å². The zero-order valence-electron chi connectivity index (χ0n) is 12.2. The predicted molar refractivity (Wildman–Crippen MR) is 77.6 cm³/mol. The molecule has 0 aliphatic rings. The third-order valence-electron chi connectivity index (χ3n) is 3.25. The highest BCUT2D eigenvalue weighted by atomic mass is 19.1. The maximum Gasteiger partial charge on any atom is 0.149 e. The Morgan fingerprint density at radius 1 is 1.11 bits per heavy atom. The predicted octanol–water partition coefficient (Wildman–Crippen LogP) is 3.87. The van der Waals surface area contributed by atoms with Gasteiger partial charge in [-0.1, -0.05) is 32.9 Å². The monoisotopic (exact) mass is 260 g/mol. The van der Waals surface area contributed by atoms with Crippen molar-refractivity contribution in [2.24, 2.45) is 5.73 Å². The summed E-state index contributed by atoms with van der Waals surface area (Å²) in [6, 6.07) is 7.02. The Hall–Kier alpha value is -1.48. The van der Waals surface area contributed by atoms with E-state index in [2.05, 4.69) is 25.8 Å². The van der Waals surface area contributed by atoms with Crippen molar-refractivity contribution in [1.82, 2.24) is 4.98 Å². The maximum absolute atomic E-state index is 14.0. The summed E-state index contributed by atoms with van der Waals surface area (Å²) in [5.74, 6) is -0.297. The van der Waals surface area contributed by atoms with Gasteiger partial charge in [-0.3, -0.25) is 0 Å². The molecule has 1 aromatic heterocycles. The molecule has 0 fully saturated rings. The molecule has 0 spiro atoms. The topological polar surface area (TPSA) is 38.9 Å². The number of nitrogens with two attached hydrogens (primary N) is 1. The van der Waals surface area contributed by atoms with Gasteiger partial charge in [-0.25, -0.2) is 9.37 Å². The molecule has 19 heavy (non-hydrogen) atoms. The molecule has 102 valence electrons. The normalized spacial score (nSPS) is 13.0. The average Bonchev–Trinajstić information content (AvgIpc) is 2.25. The Morgan fingerprint density at radius 3 is 2.26 bits per heavy atom. The van der Waals surface area contributed by atoms with E-state index >= 15 is 0 Å². The molecule has 0 atom stereocenters. The second kappa shape index (κ2) is 4.27. The first-order chi connectivity index (χ1) is 8.60. The van der Waals surface area contributed by atoms with Gasteiger partial charge in [-0.2, -0.15) is 0 Å². The first kappa shape index (κ1) is 13.9. The van der Waals surface area contributed by atoms with Crippen molar-refractivity contribution in [3.8, 4) is 0 Å². The van der Waals surface area contributed by atoms with Crippen molar-refractivity contribution in [3.63, 3.8) is 0 Å². The van der Waals surface area contributed by atoms with Crippen molar-refractivity contribution in [2.75, 3.05) is 0 Å². The molecule has 0 radical (unpaired) electrons. The summed E-state index contributed by atoms with van der Waals surface area (Å²) >= 11 is 0. The van der Waals surface area contributed by atoms with E-state index in [9.17, 15) is 4.39 Å². The number of halogens is 1. The number of hydrogen-bond donors (Lipinski definition) is 1. The molecule has 0 unspecified atom stereocenters. The molecular formula is C16H21FN2. The SMILES string of the molecule is CC(C)(C)c1cc(C(C)(C)N)c2cccc(F)c2n1. The standard InChI is InChI=1S/C16H21FN2/c1-15(2,3)13-9-11(16(4,5)18)10-7-6-8-12(17)14(10)19-13/h6-9H,18H2,1-5H3. The number of nitrogens with zero attached hydrogens (tertiary/aromatic N) is 1. The maximum atomic E-state index is 14.0. The number of rotatable bonds is 1. The summed E-state index contributed by atoms with van der Waals surface area (Å²) in [7, 11) is 0. The average molecular weight is 260 g/mol. The third kappa shape index (κ3) is 2.61. The smallest absolute Gasteiger partial charge is 0.149 e. The molecule has 0 bridgehead atoms. The van der Waals surface area contributed by atoms with Crippen LogP contribution in [0.1, 0.15) is 45.9 Å². The zero-order chi connectivity index (χ0) is 14.4. The Kier molecular flexibility index (Phi) is 3.13. The molecule has 2 rings (SSSR count). The van der Waals surface area contributed by atoms with Crippen LogP contribution in [0.25, 0.3) is 10.9 Å². The highest BCUT2D eigenvalue weighted by Crippen LogP contribution is 2.31. The fourth-order valence-corrected chi connectivity index (χ4v) is 2.13. The molecule has 2 nitrogen and oxygen atoms in total. The van der Waals surface area contributed by atoms with E-state index in [1.54, 1.807) is 6.07 Å². The minimum absolute atomic E-state index is 0.142. The van der Waals surface area contributed by atoms with Crippen LogP contribution < -0.4 is 5.73 Å². The Morgan fingerprint density at radius 2 is 1.74 bits per heavy atom. The molecule has 0 aliphatic heterocycles. The number of pyridine rings is 1. The van der Waals surface area contributed by atoms with Crippen LogP contribution in [0, 0.1) is 5.82 Å². The van der Waals surface area contributed by atoms with Crippen LogP contribution in [0.5, 0.6) is 0 Å². The molecule has 0 saturated heterocycles. The highest BCUT2D eigenvalue weighted by Gasteiger charge is 2.24. The van der Waals surface area contributed by atoms with Crippen molar-refractivity contribution in [1.29, 1.82) is 0 Å². The number of para-hydroxylation sites is 1. The van der Waals surface area contributed by atoms with E-state index in [1.165, 1.54) is 6.07 Å². The van der Waals surface area contributed by atoms with Gasteiger partial charge in [0.05, 0.1) is 0 Å². The van der Waals surface area contributed by atoms with E-state index in [4.69, 9.17) is 5.73 Å². The summed E-state index contributed by atoms with van der Waals surface area (Å²) in [6.45, 7) is 10.1. The van der Waals surface area contributed by atoms with Gasteiger partial charge in [-0.05, 0) is 31.5 Å². The van der Waals surface area contributed by atoms with Crippen LogP contribution in [0.2, 0.25) is 0 Å². The van der Waals surface area contributed by atoms with Crippen molar-refractivity contribution in [2.45, 2.75) is 45.6 Å². The van der Waals surface area contributed by atoms with E-state index in [0.29, 0.717) is 5.52 Å². The van der Waals surface area contributed by atoms with Gasteiger partial charge >= 0.3 is 0 Å². The van der Waals surface area contributed by atoms with Crippen LogP contribution in [-0.4, -0.2) is 4.98 Å². The minimum Gasteiger partial charge on any atom is -0.322 e. The molecule has 0 amide bonds. The summed E-state index contributed by atoms with van der Waals surface area (Å²) < 4.78 is 14.0. The summed E-state index contributed by atoms with van der Waals surface area (Å²) in [6.07, 6.45) is 0. The first-order valence-electron chi connectivity index (χ1n) is 6.50. The Balaban J connectivity index is 2.89. The molecule has 0 saturated carbocycles. The largest absolute Gasteiger partial charge is 0.322 e. The lowest BCUT2D eigenvalue weighted by Crippen LogP contribution is -2.30. The van der Waals surface area contributed by atoms with E-state index in [0.717, 1.165) is 16.6 Å². The molecular weight excluding hydrogens is 239 g/mol. The van der Waals surface area contributed by atoms with Crippen LogP contribution in [-0.2, 0) is 11.0 Å². The van der Waals surface area contributed by atoms with E-state index in [-0.39, 0.29) is 11.2 Å². The van der Waals surface area contributed by atoms with Gasteiger partial charge in [0.2, 0.25) is 0 Å². The van der Waals surface area contributed by atoms with Gasteiger partial charge in [0, 0.05) is 22.0 Å². The molecule has 1 heterocycles. The highest BCUT2D eigenvalue weighted by molar-refractivity contribution is 5.84. The Bertz CT molecular complexity index is 619. The van der Waals surface area contributed by atoms with Gasteiger partial charge < -0.3 is 5.73 Å². The summed E-state index contributed by atoms with van der Waals surface area (Å²) in [5.41, 5.74) is 7.76. The van der Waals surface area contributed by atoms with Crippen molar-refractivity contribution < 1.29 is 4.39 Å². The van der Waals surface area contributed by atoms with Crippen LogP contribution in [0.4, 0.5) is 4.39 Å². The molecule has 3 heteroatoms. The molecule has 0 aliphatic carbocycles. The van der Waals surface area contributed by atoms with Crippen LogP contribution in [0.3, 0.4) is 0 Å². The van der Waals surface area contributed by atoms with Gasteiger partial charge in [0.15, 0.2) is 0 Å². The van der Waals surface area contributed by atoms with Gasteiger partial charge in [0.1, 0.15) is 11.3 Å². The zero-order valence-corrected chi connectivity index (χ0v) is 12.2. The lowest BCUT2D eigenvalue weighted by molar-refractivity contribution is 0.541. The second-order valence-corrected chi connectivity index (χ2v) is 6.66. The van der Waals surface area contributed by atoms with Crippen LogP contribution >= 0.6 is 0 Å². The summed E-state index contributed by atoms with van der Waals surface area (Å²) in [5, 5.41) is 0.792. The molecule has 2 aromatic rings. The fraction of sp³-hybridized carbons (Fsp3) is 0.438. The second-order valence-electron chi connectivity index (χ2n) is 6.66. The first-order valence-corrected chi connectivity index (χ1v) is 6.50.